The van der Waals surface area contributed by atoms with Crippen molar-refractivity contribution in [3.05, 3.63) is 66.1 Å². The normalized spacial score (nSPS) is 11.9. The summed E-state index contributed by atoms with van der Waals surface area (Å²) in [5, 5.41) is 0.0564. The average Bonchev–Trinajstić information content (AvgIpc) is 3.30. The number of aromatic nitrogens is 3. The molecule has 0 fully saturated rings. The molecule has 9 nitrogen and oxygen atoms in total. The molecule has 4 rings (SSSR count). The molecule has 0 atom stereocenters. The molecule has 206 valence electrons. The van der Waals surface area contributed by atoms with E-state index in [1.807, 2.05) is 23.5 Å². The molecule has 2 heterocycles. The highest BCUT2D eigenvalue weighted by atomic mass is 32.2. The molecule has 0 aliphatic heterocycles. The van der Waals surface area contributed by atoms with Gasteiger partial charge in [0.2, 0.25) is 15.0 Å². The van der Waals surface area contributed by atoms with Crippen LogP contribution in [0, 0.1) is 17.5 Å². The van der Waals surface area contributed by atoms with Crippen molar-refractivity contribution in [2.45, 2.75) is 23.9 Å². The molecule has 0 amide bonds. The monoisotopic (exact) mass is 597 g/mol. The van der Waals surface area contributed by atoms with Gasteiger partial charge in [-0.1, -0.05) is 23.5 Å². The van der Waals surface area contributed by atoms with E-state index in [-0.39, 0.29) is 17.0 Å². The molecule has 0 radical (unpaired) electrons. The molecule has 15 heteroatoms. The Bertz CT molecular complexity index is 1740. The molecule has 0 unspecified atom stereocenters. The van der Waals surface area contributed by atoms with Crippen LogP contribution in [-0.2, 0) is 19.9 Å². The number of benzene rings is 2. The van der Waals surface area contributed by atoms with Crippen LogP contribution in [0.4, 0.5) is 24.0 Å². The first kappa shape index (κ1) is 28.4. The smallest absolute Gasteiger partial charge is 0.267 e. The molecule has 2 aromatic heterocycles. The number of nitrogens with one attached hydrogen (secondary N) is 1. The molecule has 0 saturated carbocycles. The van der Waals surface area contributed by atoms with Gasteiger partial charge in [-0.05, 0) is 44.2 Å². The lowest BCUT2D eigenvalue weighted by Gasteiger charge is -2.16. The highest BCUT2D eigenvalue weighted by molar-refractivity contribution is 7.92. The molecule has 39 heavy (non-hydrogen) atoms. The summed E-state index contributed by atoms with van der Waals surface area (Å²) in [6.07, 6.45) is 2.21. The fourth-order valence-electron chi connectivity index (χ4n) is 3.67. The molecule has 4 aromatic rings. The van der Waals surface area contributed by atoms with Crippen LogP contribution in [0.1, 0.15) is 13.8 Å². The van der Waals surface area contributed by atoms with Crippen molar-refractivity contribution in [2.75, 3.05) is 29.0 Å². The Balaban J connectivity index is 1.88. The lowest BCUT2D eigenvalue weighted by atomic mass is 10.1. The van der Waals surface area contributed by atoms with E-state index in [0.717, 1.165) is 41.9 Å². The summed E-state index contributed by atoms with van der Waals surface area (Å²) in [7, 11) is -8.61. The molecule has 0 aliphatic rings. The molecular weight excluding hydrogens is 575 g/mol. The number of anilines is 2. The lowest BCUT2D eigenvalue weighted by Crippen LogP contribution is -2.21. The maximum absolute atomic E-state index is 15.9. The third-order valence-electron chi connectivity index (χ3n) is 5.53. The summed E-state index contributed by atoms with van der Waals surface area (Å²) in [5.74, 6) is -3.74. The van der Waals surface area contributed by atoms with Crippen molar-refractivity contribution in [3.63, 3.8) is 0 Å². The van der Waals surface area contributed by atoms with E-state index in [0.29, 0.717) is 23.1 Å². The first-order valence-corrected chi connectivity index (χ1v) is 15.6. The van der Waals surface area contributed by atoms with Crippen LogP contribution in [0.3, 0.4) is 0 Å². The van der Waals surface area contributed by atoms with Gasteiger partial charge in [-0.2, -0.15) is 0 Å². The van der Waals surface area contributed by atoms with Crippen molar-refractivity contribution in [1.82, 2.24) is 15.0 Å². The van der Waals surface area contributed by atoms with Crippen molar-refractivity contribution >= 4 is 42.0 Å². The molecule has 0 saturated heterocycles. The van der Waals surface area contributed by atoms with Crippen LogP contribution in [0.2, 0.25) is 0 Å². The van der Waals surface area contributed by atoms with Crippen LogP contribution >= 0.6 is 11.3 Å². The van der Waals surface area contributed by atoms with E-state index in [2.05, 4.69) is 15.0 Å². The number of hydrogen-bond acceptors (Lipinski definition) is 9. The fourth-order valence-corrected chi connectivity index (χ4v) is 6.56. The van der Waals surface area contributed by atoms with Crippen LogP contribution in [0.25, 0.3) is 21.8 Å². The van der Waals surface area contributed by atoms with Gasteiger partial charge in [0.1, 0.15) is 11.6 Å². The van der Waals surface area contributed by atoms with E-state index < -0.39 is 53.1 Å². The molecule has 1 N–H and O–H groups in total. The Labute approximate surface area is 227 Å². The topological polar surface area (TPSA) is 122 Å². The highest BCUT2D eigenvalue weighted by Crippen LogP contribution is 2.42. The Morgan fingerprint density at radius 3 is 2.18 bits per heavy atom. The predicted molar refractivity (Wildman–Crippen MR) is 142 cm³/mol. The van der Waals surface area contributed by atoms with Gasteiger partial charge in [0, 0.05) is 31.1 Å². The number of rotatable bonds is 9. The van der Waals surface area contributed by atoms with Crippen molar-refractivity contribution in [3.8, 4) is 21.8 Å². The van der Waals surface area contributed by atoms with Gasteiger partial charge in [0.15, 0.2) is 15.8 Å². The third-order valence-corrected chi connectivity index (χ3v) is 8.95. The van der Waals surface area contributed by atoms with E-state index in [9.17, 15) is 25.6 Å². The number of hydrogen-bond donors (Lipinski definition) is 1. The Hall–Kier alpha value is -3.56. The second-order valence-corrected chi connectivity index (χ2v) is 12.7. The molecule has 0 spiro atoms. The minimum absolute atomic E-state index is 0.0654. The minimum atomic E-state index is -4.85. The number of sulfonamides is 1. The molecular formula is C24H22F3N5O4S3. The standard InChI is InChI=1S/C24H22F3N5O4S3/c1-4-32(5-2)24-30-20(21(37-24)18-12-13-28-23(29-18)38(3,33)34)14-8-6-11-17(19(14)27)31-39(35,36)22-15(25)9-7-10-16(22)26/h6-13,31H,4-5H2,1-3H3. The van der Waals surface area contributed by atoms with Gasteiger partial charge in [-0.3, -0.25) is 4.72 Å². The van der Waals surface area contributed by atoms with Gasteiger partial charge < -0.3 is 4.90 Å². The largest absolute Gasteiger partial charge is 0.349 e. The van der Waals surface area contributed by atoms with Crippen LogP contribution in [-0.4, -0.2) is 51.1 Å². The number of thiazole rings is 1. The highest BCUT2D eigenvalue weighted by Gasteiger charge is 2.27. The van der Waals surface area contributed by atoms with Crippen LogP contribution in [0.5, 0.6) is 0 Å². The Morgan fingerprint density at radius 1 is 0.923 bits per heavy atom. The molecule has 0 aliphatic carbocycles. The second-order valence-electron chi connectivity index (χ2n) is 8.17. The Morgan fingerprint density at radius 2 is 1.56 bits per heavy atom. The van der Waals surface area contributed by atoms with Crippen LogP contribution < -0.4 is 9.62 Å². The number of nitrogens with zero attached hydrogens (tertiary/aromatic N) is 4. The minimum Gasteiger partial charge on any atom is -0.349 e. The van der Waals surface area contributed by atoms with E-state index >= 15 is 4.39 Å². The molecule has 0 bridgehead atoms. The maximum Gasteiger partial charge on any atom is 0.267 e. The van der Waals surface area contributed by atoms with Gasteiger partial charge in [0.05, 0.1) is 22.0 Å². The van der Waals surface area contributed by atoms with Gasteiger partial charge in [0.25, 0.3) is 10.0 Å². The number of halogens is 3. The zero-order valence-corrected chi connectivity index (χ0v) is 23.3. The average molecular weight is 598 g/mol. The summed E-state index contributed by atoms with van der Waals surface area (Å²) in [5.41, 5.74) is -0.489. The van der Waals surface area contributed by atoms with Crippen molar-refractivity contribution < 1.29 is 30.0 Å². The molecule has 2 aromatic carbocycles. The lowest BCUT2D eigenvalue weighted by molar-refractivity contribution is 0.521. The summed E-state index contributed by atoms with van der Waals surface area (Å²) in [6.45, 7) is 4.93. The first-order valence-electron chi connectivity index (χ1n) is 11.4. The number of sulfone groups is 1. The second kappa shape index (κ2) is 10.9. The quantitative estimate of drug-likeness (QED) is 0.275. The van der Waals surface area contributed by atoms with Crippen molar-refractivity contribution in [2.24, 2.45) is 0 Å². The zero-order chi connectivity index (χ0) is 28.5. The van der Waals surface area contributed by atoms with Gasteiger partial charge in [-0.25, -0.2) is 45.0 Å². The summed E-state index contributed by atoms with van der Waals surface area (Å²) >= 11 is 1.14. The van der Waals surface area contributed by atoms with Crippen molar-refractivity contribution in [1.29, 1.82) is 0 Å². The first-order chi connectivity index (χ1) is 18.4. The van der Waals surface area contributed by atoms with E-state index in [4.69, 9.17) is 0 Å². The summed E-state index contributed by atoms with van der Waals surface area (Å²) < 4.78 is 95.8. The third kappa shape index (κ3) is 5.74. The Kier molecular flexibility index (Phi) is 7.95. The van der Waals surface area contributed by atoms with Gasteiger partial charge in [-0.15, -0.1) is 0 Å². The van der Waals surface area contributed by atoms with Gasteiger partial charge >= 0.3 is 0 Å². The fraction of sp³-hybridized carbons (Fsp3) is 0.208. The zero-order valence-electron chi connectivity index (χ0n) is 20.8. The predicted octanol–water partition coefficient (Wildman–Crippen LogP) is 4.73. The van der Waals surface area contributed by atoms with E-state index in [1.54, 1.807) is 0 Å². The van der Waals surface area contributed by atoms with Crippen LogP contribution in [0.15, 0.2) is 58.7 Å². The SMILES string of the molecule is CCN(CC)c1nc(-c2cccc(NS(=O)(=O)c3c(F)cccc3F)c2F)c(-c2ccnc(S(C)(=O)=O)n2)s1. The van der Waals surface area contributed by atoms with E-state index in [1.165, 1.54) is 24.4 Å². The maximum atomic E-state index is 15.9. The summed E-state index contributed by atoms with van der Waals surface area (Å²) in [6, 6.07) is 7.78. The summed E-state index contributed by atoms with van der Waals surface area (Å²) in [4.78, 5) is 13.4.